The Bertz CT molecular complexity index is 591. The maximum Gasteiger partial charge on any atom is 0.248 e. The molecule has 106 valence electrons. The molecule has 5 heteroatoms. The van der Waals surface area contributed by atoms with Gasteiger partial charge < -0.3 is 0 Å². The molecule has 1 amide bonds. The number of nitrogens with zero attached hydrogens (tertiary/aromatic N) is 2. The Hall–Kier alpha value is -2.14. The fourth-order valence-electron chi connectivity index (χ4n) is 2.04. The number of hydroxylamine groups is 1. The highest BCUT2D eigenvalue weighted by Crippen LogP contribution is 2.12. The molecule has 20 heavy (non-hydrogen) atoms. The van der Waals surface area contributed by atoms with Gasteiger partial charge in [0.25, 0.3) is 0 Å². The lowest BCUT2D eigenvalue weighted by molar-refractivity contribution is -0.133. The van der Waals surface area contributed by atoms with Crippen LogP contribution in [0.4, 0.5) is 0 Å². The van der Waals surface area contributed by atoms with E-state index in [0.717, 1.165) is 22.5 Å². The minimum atomic E-state index is -0.167. The average molecular weight is 273 g/mol. The van der Waals surface area contributed by atoms with Crippen molar-refractivity contribution < 1.29 is 9.63 Å². The lowest BCUT2D eigenvalue weighted by Crippen LogP contribution is -2.25. The first-order chi connectivity index (χ1) is 9.58. The minimum Gasteiger partial charge on any atom is -0.272 e. The van der Waals surface area contributed by atoms with Crippen LogP contribution in [0.3, 0.4) is 0 Å². The third kappa shape index (κ3) is 3.45. The number of carbonyl (C=O) groups excluding carboxylic acids is 1. The van der Waals surface area contributed by atoms with Crippen molar-refractivity contribution in [3.05, 3.63) is 52.8 Å². The minimum absolute atomic E-state index is 0.167. The smallest absolute Gasteiger partial charge is 0.248 e. The summed E-state index contributed by atoms with van der Waals surface area (Å²) in [5, 5.41) is 4.29. The monoisotopic (exact) mass is 273 g/mol. The van der Waals surface area contributed by atoms with Gasteiger partial charge in [-0.3, -0.25) is 14.3 Å². The van der Waals surface area contributed by atoms with Crippen molar-refractivity contribution in [3.8, 4) is 0 Å². The van der Waals surface area contributed by atoms with Crippen molar-refractivity contribution in [3.63, 3.8) is 0 Å². The number of nitrogens with one attached hydrogen (secondary N) is 1. The summed E-state index contributed by atoms with van der Waals surface area (Å²) in [6.45, 7) is 4.21. The van der Waals surface area contributed by atoms with Crippen molar-refractivity contribution in [2.24, 2.45) is 7.05 Å². The number of amides is 1. The van der Waals surface area contributed by atoms with E-state index < -0.39 is 0 Å². The summed E-state index contributed by atoms with van der Waals surface area (Å²) in [4.78, 5) is 17.1. The fraction of sp³-hybridized carbons (Fsp3) is 0.333. The van der Waals surface area contributed by atoms with E-state index >= 15 is 0 Å². The second kappa shape index (κ2) is 6.34. The Labute approximate surface area is 118 Å². The topological polar surface area (TPSA) is 56.2 Å². The predicted molar refractivity (Wildman–Crippen MR) is 75.8 cm³/mol. The van der Waals surface area contributed by atoms with Crippen molar-refractivity contribution >= 4 is 5.91 Å². The zero-order valence-corrected chi connectivity index (χ0v) is 12.0. The Kier molecular flexibility index (Phi) is 4.53. The van der Waals surface area contributed by atoms with E-state index in [-0.39, 0.29) is 12.3 Å². The highest BCUT2D eigenvalue weighted by Gasteiger charge is 2.13. The van der Waals surface area contributed by atoms with Crippen molar-refractivity contribution in [2.75, 3.05) is 0 Å². The van der Waals surface area contributed by atoms with Crippen LogP contribution in [-0.4, -0.2) is 15.7 Å². The second-order valence-electron chi connectivity index (χ2n) is 4.75. The predicted octanol–water partition coefficient (Wildman–Crippen LogP) is 1.83. The van der Waals surface area contributed by atoms with Gasteiger partial charge in [0.15, 0.2) is 0 Å². The summed E-state index contributed by atoms with van der Waals surface area (Å²) in [6.07, 6.45) is 0.278. The lowest BCUT2D eigenvalue weighted by Gasteiger charge is -2.06. The first-order valence-corrected chi connectivity index (χ1v) is 6.51. The Morgan fingerprint density at radius 2 is 2.00 bits per heavy atom. The lowest BCUT2D eigenvalue weighted by atomic mass is 10.1. The van der Waals surface area contributed by atoms with Gasteiger partial charge >= 0.3 is 0 Å². The first kappa shape index (κ1) is 14.3. The van der Waals surface area contributed by atoms with Crippen LogP contribution in [0.15, 0.2) is 30.3 Å². The molecule has 2 aromatic rings. The summed E-state index contributed by atoms with van der Waals surface area (Å²) >= 11 is 0. The van der Waals surface area contributed by atoms with E-state index in [1.165, 1.54) is 0 Å². The molecule has 0 aliphatic rings. The van der Waals surface area contributed by atoms with Gasteiger partial charge in [0, 0.05) is 18.3 Å². The maximum atomic E-state index is 11.8. The van der Waals surface area contributed by atoms with Gasteiger partial charge in [-0.1, -0.05) is 30.3 Å². The zero-order valence-electron chi connectivity index (χ0n) is 12.0. The van der Waals surface area contributed by atoms with Gasteiger partial charge in [-0.25, -0.2) is 5.48 Å². The quantitative estimate of drug-likeness (QED) is 0.846. The maximum absolute atomic E-state index is 11.8. The molecule has 0 unspecified atom stereocenters. The molecule has 0 saturated carbocycles. The molecule has 0 atom stereocenters. The molecule has 0 radical (unpaired) electrons. The third-order valence-corrected chi connectivity index (χ3v) is 3.26. The van der Waals surface area contributed by atoms with E-state index in [2.05, 4.69) is 10.6 Å². The summed E-state index contributed by atoms with van der Waals surface area (Å²) < 4.78 is 1.78. The summed E-state index contributed by atoms with van der Waals surface area (Å²) in [6, 6.07) is 9.70. The number of hydrogen-bond donors (Lipinski definition) is 1. The Balaban J connectivity index is 1.84. The van der Waals surface area contributed by atoms with Crippen molar-refractivity contribution in [1.29, 1.82) is 0 Å². The molecule has 1 aromatic heterocycles. The van der Waals surface area contributed by atoms with Gasteiger partial charge in [0.2, 0.25) is 5.91 Å². The molecule has 0 fully saturated rings. The Morgan fingerprint density at radius 1 is 1.30 bits per heavy atom. The highest BCUT2D eigenvalue weighted by molar-refractivity contribution is 5.78. The van der Waals surface area contributed by atoms with Gasteiger partial charge in [0.1, 0.15) is 0 Å². The molecule has 0 bridgehead atoms. The van der Waals surface area contributed by atoms with Crippen LogP contribution in [0.2, 0.25) is 0 Å². The number of hydrogen-bond acceptors (Lipinski definition) is 3. The SMILES string of the molecule is Cc1nn(C)c(C)c1CC(=O)NOCc1ccccc1. The van der Waals surface area contributed by atoms with E-state index in [1.807, 2.05) is 51.2 Å². The van der Waals surface area contributed by atoms with E-state index in [1.54, 1.807) is 4.68 Å². The van der Waals surface area contributed by atoms with Crippen LogP contribution in [0.25, 0.3) is 0 Å². The number of aromatic nitrogens is 2. The van der Waals surface area contributed by atoms with Crippen LogP contribution in [0.5, 0.6) is 0 Å². The molecule has 0 aliphatic heterocycles. The number of aryl methyl sites for hydroxylation is 2. The van der Waals surface area contributed by atoms with Crippen molar-refractivity contribution in [2.45, 2.75) is 26.9 Å². The largest absolute Gasteiger partial charge is 0.272 e. The van der Waals surface area contributed by atoms with E-state index in [4.69, 9.17) is 4.84 Å². The second-order valence-corrected chi connectivity index (χ2v) is 4.75. The van der Waals surface area contributed by atoms with Gasteiger partial charge in [0.05, 0.1) is 18.7 Å². The number of carbonyl (C=O) groups is 1. The molecule has 5 nitrogen and oxygen atoms in total. The van der Waals surface area contributed by atoms with Crippen LogP contribution in [0, 0.1) is 13.8 Å². The van der Waals surface area contributed by atoms with Crippen LogP contribution >= 0.6 is 0 Å². The summed E-state index contributed by atoms with van der Waals surface area (Å²) in [5.74, 6) is -0.167. The molecular formula is C15H19N3O2. The molecule has 0 spiro atoms. The summed E-state index contributed by atoms with van der Waals surface area (Å²) in [7, 11) is 1.87. The van der Waals surface area contributed by atoms with E-state index in [0.29, 0.717) is 6.61 Å². The van der Waals surface area contributed by atoms with Gasteiger partial charge in [-0.05, 0) is 19.4 Å². The molecule has 1 N–H and O–H groups in total. The van der Waals surface area contributed by atoms with Crippen LogP contribution in [-0.2, 0) is 29.7 Å². The third-order valence-electron chi connectivity index (χ3n) is 3.26. The molecule has 1 heterocycles. The standard InChI is InChI=1S/C15H19N3O2/c1-11-14(12(2)18(3)16-11)9-15(19)17-20-10-13-7-5-4-6-8-13/h4-8H,9-10H2,1-3H3,(H,17,19). The number of benzene rings is 1. The zero-order chi connectivity index (χ0) is 14.5. The van der Waals surface area contributed by atoms with Gasteiger partial charge in [-0.2, -0.15) is 5.10 Å². The molecule has 1 aromatic carbocycles. The number of rotatable bonds is 5. The summed E-state index contributed by atoms with van der Waals surface area (Å²) in [5.41, 5.74) is 6.31. The molecular weight excluding hydrogens is 254 g/mol. The van der Waals surface area contributed by atoms with Crippen LogP contribution < -0.4 is 5.48 Å². The van der Waals surface area contributed by atoms with Gasteiger partial charge in [-0.15, -0.1) is 0 Å². The Morgan fingerprint density at radius 3 is 2.60 bits per heavy atom. The fourth-order valence-corrected chi connectivity index (χ4v) is 2.04. The molecule has 0 aliphatic carbocycles. The molecule has 0 saturated heterocycles. The average Bonchev–Trinajstić information content (AvgIpc) is 2.67. The molecule has 2 rings (SSSR count). The van der Waals surface area contributed by atoms with Crippen LogP contribution in [0.1, 0.15) is 22.5 Å². The van der Waals surface area contributed by atoms with E-state index in [9.17, 15) is 4.79 Å². The normalized spacial score (nSPS) is 10.6. The first-order valence-electron chi connectivity index (χ1n) is 6.51. The highest BCUT2D eigenvalue weighted by atomic mass is 16.6. The van der Waals surface area contributed by atoms with Crippen molar-refractivity contribution in [1.82, 2.24) is 15.3 Å².